The molecule has 3 aromatic rings. The molecule has 1 aliphatic rings. The van der Waals surface area contributed by atoms with E-state index in [0.717, 1.165) is 24.0 Å². The molecule has 2 aromatic heterocycles. The largest absolute Gasteiger partial charge is 0.478 e. The topological polar surface area (TPSA) is 117 Å². The van der Waals surface area contributed by atoms with Crippen molar-refractivity contribution < 1.29 is 19.4 Å². The Kier molecular flexibility index (Phi) is 3.80. The van der Waals surface area contributed by atoms with E-state index >= 15 is 0 Å². The summed E-state index contributed by atoms with van der Waals surface area (Å²) in [5.41, 5.74) is 2.89. The molecule has 1 aromatic carbocycles. The fraction of sp³-hybridized carbons (Fsp3) is 0.222. The number of rotatable bonds is 4. The maximum atomic E-state index is 11.3. The van der Waals surface area contributed by atoms with Crippen molar-refractivity contribution in [2.45, 2.75) is 25.8 Å². The third-order valence-electron chi connectivity index (χ3n) is 4.38. The average Bonchev–Trinajstić information content (AvgIpc) is 3.18. The van der Waals surface area contributed by atoms with Crippen molar-refractivity contribution in [1.29, 1.82) is 0 Å². The van der Waals surface area contributed by atoms with Gasteiger partial charge in [-0.15, -0.1) is 0 Å². The maximum Gasteiger partial charge on any atom is 0.339 e. The number of hydrogen-bond acceptors (Lipinski definition) is 5. The Morgan fingerprint density at radius 3 is 3.00 bits per heavy atom. The Hall–Kier alpha value is -3.42. The second-order valence-electron chi connectivity index (χ2n) is 6.17. The molecule has 1 atom stereocenters. The highest BCUT2D eigenvalue weighted by Gasteiger charge is 2.23. The molecule has 132 valence electrons. The normalized spacial score (nSPS) is 15.7. The zero-order chi connectivity index (χ0) is 18.3. The summed E-state index contributed by atoms with van der Waals surface area (Å²) in [4.78, 5) is 33.7. The van der Waals surface area contributed by atoms with Crippen LogP contribution in [0.5, 0.6) is 11.6 Å². The summed E-state index contributed by atoms with van der Waals surface area (Å²) in [6.07, 6.45) is 4.50. The smallest absolute Gasteiger partial charge is 0.339 e. The maximum absolute atomic E-state index is 11.3. The molecule has 1 amide bonds. The number of aromatic carboxylic acids is 1. The molecule has 0 fully saturated rings. The number of H-pyrrole nitrogens is 1. The zero-order valence-electron chi connectivity index (χ0n) is 13.9. The van der Waals surface area contributed by atoms with Gasteiger partial charge in [-0.1, -0.05) is 6.07 Å². The fourth-order valence-electron chi connectivity index (χ4n) is 3.26. The molecule has 4 rings (SSSR count). The van der Waals surface area contributed by atoms with Crippen molar-refractivity contribution in [2.24, 2.45) is 0 Å². The van der Waals surface area contributed by atoms with Crippen LogP contribution in [0.15, 0.2) is 30.6 Å². The molecule has 26 heavy (non-hydrogen) atoms. The van der Waals surface area contributed by atoms with Crippen LogP contribution in [-0.4, -0.2) is 31.9 Å². The van der Waals surface area contributed by atoms with Gasteiger partial charge in [-0.05, 0) is 36.1 Å². The van der Waals surface area contributed by atoms with E-state index in [2.05, 4.69) is 20.3 Å². The van der Waals surface area contributed by atoms with Crippen LogP contribution >= 0.6 is 0 Å². The van der Waals surface area contributed by atoms with Crippen LogP contribution < -0.4 is 10.1 Å². The fourth-order valence-corrected chi connectivity index (χ4v) is 3.26. The molecule has 1 aliphatic carbocycles. The number of benzene rings is 1. The monoisotopic (exact) mass is 352 g/mol. The van der Waals surface area contributed by atoms with Crippen LogP contribution in [0.4, 0.5) is 0 Å². The predicted molar refractivity (Wildman–Crippen MR) is 92.2 cm³/mol. The number of carbonyl (C=O) groups is 2. The molecule has 0 bridgehead atoms. The van der Waals surface area contributed by atoms with Crippen molar-refractivity contribution in [2.75, 3.05) is 0 Å². The highest BCUT2D eigenvalue weighted by atomic mass is 16.5. The molecular weight excluding hydrogens is 336 g/mol. The van der Waals surface area contributed by atoms with Crippen molar-refractivity contribution in [3.8, 4) is 11.6 Å². The lowest BCUT2D eigenvalue weighted by Gasteiger charge is -2.13. The van der Waals surface area contributed by atoms with Crippen molar-refractivity contribution in [1.82, 2.24) is 20.3 Å². The van der Waals surface area contributed by atoms with Gasteiger partial charge in [0.15, 0.2) is 5.65 Å². The minimum Gasteiger partial charge on any atom is -0.478 e. The van der Waals surface area contributed by atoms with Gasteiger partial charge < -0.3 is 20.1 Å². The third-order valence-corrected chi connectivity index (χ3v) is 4.38. The lowest BCUT2D eigenvalue weighted by molar-refractivity contribution is -0.119. The predicted octanol–water partition coefficient (Wildman–Crippen LogP) is 2.57. The van der Waals surface area contributed by atoms with Crippen molar-refractivity contribution >= 4 is 23.0 Å². The van der Waals surface area contributed by atoms with Crippen LogP contribution in [-0.2, 0) is 11.2 Å². The Balaban J connectivity index is 1.60. The first-order chi connectivity index (χ1) is 12.5. The van der Waals surface area contributed by atoms with Gasteiger partial charge in [0.2, 0.25) is 11.8 Å². The molecular formula is C18H16N4O4. The summed E-state index contributed by atoms with van der Waals surface area (Å²) in [6.45, 7) is 1.51. The summed E-state index contributed by atoms with van der Waals surface area (Å²) >= 11 is 0. The van der Waals surface area contributed by atoms with Crippen molar-refractivity contribution in [3.05, 3.63) is 47.3 Å². The number of amides is 1. The minimum atomic E-state index is -1.08. The van der Waals surface area contributed by atoms with E-state index in [1.807, 2.05) is 12.1 Å². The number of carbonyl (C=O) groups excluding carboxylic acids is 1. The Labute approximate surface area is 148 Å². The van der Waals surface area contributed by atoms with Crippen LogP contribution in [0, 0.1) is 0 Å². The van der Waals surface area contributed by atoms with E-state index in [4.69, 9.17) is 4.74 Å². The van der Waals surface area contributed by atoms with E-state index in [-0.39, 0.29) is 28.9 Å². The lowest BCUT2D eigenvalue weighted by Crippen LogP contribution is -2.24. The van der Waals surface area contributed by atoms with Gasteiger partial charge in [-0.3, -0.25) is 4.79 Å². The average molecular weight is 352 g/mol. The van der Waals surface area contributed by atoms with Crippen LogP contribution in [0.2, 0.25) is 0 Å². The SMILES string of the molecule is CC(=O)N[C@@H]1CCc2cc(Oc3cnc4[nH]cc(C(=O)O)c4n3)ccc21. The minimum absolute atomic E-state index is 0.0330. The van der Waals surface area contributed by atoms with E-state index in [1.54, 1.807) is 6.07 Å². The van der Waals surface area contributed by atoms with E-state index < -0.39 is 5.97 Å². The van der Waals surface area contributed by atoms with E-state index in [0.29, 0.717) is 11.4 Å². The molecule has 8 heteroatoms. The summed E-state index contributed by atoms with van der Waals surface area (Å²) in [5, 5.41) is 12.1. The molecule has 0 saturated carbocycles. The molecule has 0 aliphatic heterocycles. The Morgan fingerprint density at radius 1 is 1.38 bits per heavy atom. The molecule has 3 N–H and O–H groups in total. The number of hydrogen-bond donors (Lipinski definition) is 3. The number of nitrogens with one attached hydrogen (secondary N) is 2. The van der Waals surface area contributed by atoms with Crippen LogP contribution in [0.25, 0.3) is 11.2 Å². The number of aromatic amines is 1. The first-order valence-electron chi connectivity index (χ1n) is 8.16. The number of carboxylic acid groups (broad SMARTS) is 1. The highest BCUT2D eigenvalue weighted by Crippen LogP contribution is 2.34. The summed E-state index contributed by atoms with van der Waals surface area (Å²) in [7, 11) is 0. The van der Waals surface area contributed by atoms with Gasteiger partial charge in [0, 0.05) is 13.1 Å². The molecule has 2 heterocycles. The number of nitrogens with zero attached hydrogens (tertiary/aromatic N) is 2. The van der Waals surface area contributed by atoms with E-state index in [1.165, 1.54) is 19.3 Å². The number of aromatic nitrogens is 3. The van der Waals surface area contributed by atoms with Gasteiger partial charge in [0.1, 0.15) is 16.8 Å². The Bertz CT molecular complexity index is 1030. The second-order valence-corrected chi connectivity index (χ2v) is 6.17. The third kappa shape index (κ3) is 2.85. The van der Waals surface area contributed by atoms with Crippen LogP contribution in [0.1, 0.15) is 40.9 Å². The summed E-state index contributed by atoms with van der Waals surface area (Å²) < 4.78 is 5.76. The highest BCUT2D eigenvalue weighted by molar-refractivity contribution is 6.00. The summed E-state index contributed by atoms with van der Waals surface area (Å²) in [6, 6.07) is 5.69. The molecule has 0 spiro atoms. The molecule has 8 nitrogen and oxygen atoms in total. The first kappa shape index (κ1) is 16.1. The van der Waals surface area contributed by atoms with Gasteiger partial charge in [0.05, 0.1) is 12.2 Å². The number of ether oxygens (including phenoxy) is 1. The summed E-state index contributed by atoms with van der Waals surface area (Å²) in [5.74, 6) is -0.319. The van der Waals surface area contributed by atoms with Gasteiger partial charge in [-0.2, -0.15) is 0 Å². The number of aryl methyl sites for hydroxylation is 1. The van der Waals surface area contributed by atoms with Crippen LogP contribution in [0.3, 0.4) is 0 Å². The quantitative estimate of drug-likeness (QED) is 0.664. The number of fused-ring (bicyclic) bond motifs is 2. The van der Waals surface area contributed by atoms with Gasteiger partial charge >= 0.3 is 5.97 Å². The Morgan fingerprint density at radius 2 is 2.23 bits per heavy atom. The lowest BCUT2D eigenvalue weighted by atomic mass is 10.1. The second kappa shape index (κ2) is 6.14. The molecule has 0 unspecified atom stereocenters. The molecule has 0 radical (unpaired) electrons. The zero-order valence-corrected chi connectivity index (χ0v) is 13.9. The van der Waals surface area contributed by atoms with Gasteiger partial charge in [-0.25, -0.2) is 14.8 Å². The first-order valence-corrected chi connectivity index (χ1v) is 8.16. The van der Waals surface area contributed by atoms with E-state index in [9.17, 15) is 14.7 Å². The molecule has 0 saturated heterocycles. The standard InChI is InChI=1S/C18H16N4O4/c1-9(23)21-14-5-2-10-6-11(3-4-12(10)14)26-15-8-20-17-16(22-15)13(7-19-17)18(24)25/h3-4,6-8,14H,2,5H2,1H3,(H,19,20)(H,21,23)(H,24,25)/t14-/m1/s1. The van der Waals surface area contributed by atoms with Gasteiger partial charge in [0.25, 0.3) is 0 Å². The number of carboxylic acids is 1. The van der Waals surface area contributed by atoms with Crippen molar-refractivity contribution in [3.63, 3.8) is 0 Å².